The van der Waals surface area contributed by atoms with Gasteiger partial charge in [-0.15, -0.1) is 0 Å². The number of ether oxygens (including phenoxy) is 5. The Morgan fingerprint density at radius 1 is 0.478 bits per heavy atom. The molecule has 69 heavy (non-hydrogen) atoms. The van der Waals surface area contributed by atoms with E-state index in [1.807, 2.05) is 0 Å². The van der Waals surface area contributed by atoms with E-state index in [0.717, 1.165) is 154 Å². The van der Waals surface area contributed by atoms with Crippen LogP contribution in [0.1, 0.15) is 213 Å². The molecular weight excluding hydrogens is 877 g/mol. The van der Waals surface area contributed by atoms with Crippen molar-refractivity contribution >= 4 is 23.9 Å². The molecule has 1 fully saturated rings. The van der Waals surface area contributed by atoms with Crippen LogP contribution in [0.2, 0.25) is 0 Å². The van der Waals surface area contributed by atoms with Gasteiger partial charge >= 0.3 is 23.9 Å². The molecule has 0 radical (unpaired) electrons. The number of aliphatic hydroxyl groups excluding tert-OH is 2. The summed E-state index contributed by atoms with van der Waals surface area (Å²) in [5, 5.41) is 31.4. The van der Waals surface area contributed by atoms with Crippen LogP contribution in [0.3, 0.4) is 0 Å². The van der Waals surface area contributed by atoms with Gasteiger partial charge in [-0.1, -0.05) is 171 Å². The highest BCUT2D eigenvalue weighted by atomic mass is 16.7. The predicted octanol–water partition coefficient (Wildman–Crippen LogP) is 13.0. The van der Waals surface area contributed by atoms with Crippen molar-refractivity contribution in [1.82, 2.24) is 0 Å². The van der Waals surface area contributed by atoms with Gasteiger partial charge in [0.2, 0.25) is 0 Å². The first kappa shape index (κ1) is 63.2. The molecule has 0 aromatic rings. The average Bonchev–Trinajstić information content (AvgIpc) is 3.33. The summed E-state index contributed by atoms with van der Waals surface area (Å²) in [7, 11) is 0. The van der Waals surface area contributed by atoms with Crippen LogP contribution in [-0.2, 0) is 42.9 Å². The van der Waals surface area contributed by atoms with E-state index in [2.05, 4.69) is 93.7 Å². The first-order chi connectivity index (χ1) is 33.6. The lowest BCUT2D eigenvalue weighted by atomic mass is 9.98. The third-order valence-corrected chi connectivity index (χ3v) is 11.7. The number of esters is 3. The molecule has 1 saturated heterocycles. The standard InChI is InChI=1S/C57H94O12/c1-4-7-10-13-16-19-22-25-28-31-34-37-40-43-49(58)65-46-48(67-50(59)44-41-38-35-32-29-26-23-20-17-14-11-8-5-2)47-66-57-55(53(62)52(61)54(69-57)56(63)64)68-51(60)45-42-39-36-33-30-27-24-21-18-15-12-9-6-3/h10-15,19-24,48,52-55,57,61-62H,4-9,16-18,25-47H2,1-3H3,(H,63,64)/b13-10-,14-11-,15-12-,22-19-,23-20-,24-21-. The van der Waals surface area contributed by atoms with E-state index in [0.29, 0.717) is 19.3 Å². The first-order valence-electron chi connectivity index (χ1n) is 26.9. The largest absolute Gasteiger partial charge is 0.479 e. The van der Waals surface area contributed by atoms with Gasteiger partial charge in [-0.3, -0.25) is 14.4 Å². The number of aliphatic hydroxyl groups is 2. The van der Waals surface area contributed by atoms with E-state index in [1.54, 1.807) is 0 Å². The van der Waals surface area contributed by atoms with Gasteiger partial charge in [0, 0.05) is 19.3 Å². The van der Waals surface area contributed by atoms with Crippen LogP contribution in [-0.4, -0.2) is 89.2 Å². The molecule has 0 bridgehead atoms. The number of carboxylic acids is 1. The summed E-state index contributed by atoms with van der Waals surface area (Å²) in [6.45, 7) is 5.74. The summed E-state index contributed by atoms with van der Waals surface area (Å²) in [6.07, 6.45) is 43.1. The lowest BCUT2D eigenvalue weighted by Crippen LogP contribution is -2.61. The summed E-state index contributed by atoms with van der Waals surface area (Å²) >= 11 is 0. The van der Waals surface area contributed by atoms with Crippen molar-refractivity contribution in [2.45, 2.75) is 250 Å². The van der Waals surface area contributed by atoms with Gasteiger partial charge in [0.1, 0.15) is 18.8 Å². The van der Waals surface area contributed by atoms with Crippen molar-refractivity contribution in [2.75, 3.05) is 13.2 Å². The van der Waals surface area contributed by atoms with Crippen molar-refractivity contribution in [2.24, 2.45) is 0 Å². The highest BCUT2D eigenvalue weighted by Gasteiger charge is 2.50. The quantitative estimate of drug-likeness (QED) is 0.0228. The molecule has 1 rings (SSSR count). The fourth-order valence-corrected chi connectivity index (χ4v) is 7.54. The molecule has 12 heteroatoms. The number of carbonyl (C=O) groups excluding carboxylic acids is 3. The third-order valence-electron chi connectivity index (χ3n) is 11.7. The number of rotatable bonds is 44. The molecule has 6 atom stereocenters. The summed E-state index contributed by atoms with van der Waals surface area (Å²) < 4.78 is 28.3. The smallest absolute Gasteiger partial charge is 0.335 e. The van der Waals surface area contributed by atoms with Gasteiger partial charge in [0.05, 0.1) is 6.61 Å². The molecule has 394 valence electrons. The molecule has 1 aliphatic rings. The van der Waals surface area contributed by atoms with Crippen molar-refractivity contribution < 1.29 is 58.2 Å². The molecule has 3 N–H and O–H groups in total. The fraction of sp³-hybridized carbons (Fsp3) is 0.719. The molecule has 12 nitrogen and oxygen atoms in total. The van der Waals surface area contributed by atoms with Gasteiger partial charge in [-0.05, 0) is 96.3 Å². The maximum atomic E-state index is 13.1. The van der Waals surface area contributed by atoms with Crippen LogP contribution in [0.15, 0.2) is 72.9 Å². The molecule has 0 aromatic heterocycles. The fourth-order valence-electron chi connectivity index (χ4n) is 7.54. The van der Waals surface area contributed by atoms with Crippen molar-refractivity contribution in [3.8, 4) is 0 Å². The average molecular weight is 971 g/mol. The van der Waals surface area contributed by atoms with Gasteiger partial charge in [0.25, 0.3) is 0 Å². The maximum Gasteiger partial charge on any atom is 0.335 e. The SMILES string of the molecule is CCC/C=C\C/C=C\CCCCCCCC(=O)OCC(COC1OC(C(=O)O)C(O)C(O)C1OC(=O)CCCCCCC/C=C\C/C=C\CCC)OC(=O)CCCCCCC/C=C\C/C=C\CCC. The molecule has 1 aliphatic heterocycles. The van der Waals surface area contributed by atoms with Gasteiger partial charge in [-0.2, -0.15) is 0 Å². The summed E-state index contributed by atoms with van der Waals surface area (Å²) in [5.41, 5.74) is 0. The minimum Gasteiger partial charge on any atom is -0.479 e. The zero-order chi connectivity index (χ0) is 50.4. The van der Waals surface area contributed by atoms with Gasteiger partial charge < -0.3 is 39.0 Å². The van der Waals surface area contributed by atoms with E-state index >= 15 is 0 Å². The molecule has 0 aromatic carbocycles. The Bertz CT molecular complexity index is 1480. The van der Waals surface area contributed by atoms with E-state index in [1.165, 1.54) is 0 Å². The molecule has 1 heterocycles. The first-order valence-corrected chi connectivity index (χ1v) is 26.9. The number of hydrogen-bond acceptors (Lipinski definition) is 11. The highest BCUT2D eigenvalue weighted by Crippen LogP contribution is 2.26. The predicted molar refractivity (Wildman–Crippen MR) is 275 cm³/mol. The van der Waals surface area contributed by atoms with Gasteiger partial charge in [-0.25, -0.2) is 4.79 Å². The minimum absolute atomic E-state index is 0.0389. The van der Waals surface area contributed by atoms with Crippen LogP contribution in [0.5, 0.6) is 0 Å². The maximum absolute atomic E-state index is 13.1. The van der Waals surface area contributed by atoms with Gasteiger partial charge in [0.15, 0.2) is 24.6 Å². The number of allylic oxidation sites excluding steroid dienone is 12. The second-order valence-electron chi connectivity index (χ2n) is 18.1. The second-order valence-corrected chi connectivity index (χ2v) is 18.1. The number of carbonyl (C=O) groups is 4. The Hall–Kier alpha value is -3.84. The van der Waals surface area contributed by atoms with Crippen LogP contribution >= 0.6 is 0 Å². The van der Waals surface area contributed by atoms with Crippen molar-refractivity contribution in [3.05, 3.63) is 72.9 Å². The highest BCUT2D eigenvalue weighted by molar-refractivity contribution is 5.74. The Morgan fingerprint density at radius 2 is 0.870 bits per heavy atom. The van der Waals surface area contributed by atoms with Crippen LogP contribution < -0.4 is 0 Å². The number of hydrogen-bond donors (Lipinski definition) is 3. The van der Waals surface area contributed by atoms with E-state index < -0.39 is 67.3 Å². The molecule has 6 unspecified atom stereocenters. The van der Waals surface area contributed by atoms with Crippen LogP contribution in [0, 0.1) is 0 Å². The van der Waals surface area contributed by atoms with Crippen molar-refractivity contribution in [3.63, 3.8) is 0 Å². The Kier molecular flexibility index (Phi) is 41.5. The lowest BCUT2D eigenvalue weighted by molar-refractivity contribution is -0.301. The molecule has 0 amide bonds. The van der Waals surface area contributed by atoms with E-state index in [-0.39, 0.29) is 25.9 Å². The number of carboxylic acid groups (broad SMARTS) is 1. The molecule has 0 saturated carbocycles. The van der Waals surface area contributed by atoms with E-state index in [9.17, 15) is 34.5 Å². The monoisotopic (exact) mass is 971 g/mol. The zero-order valence-corrected chi connectivity index (χ0v) is 43.0. The summed E-state index contributed by atoms with van der Waals surface area (Å²) in [4.78, 5) is 50.9. The van der Waals surface area contributed by atoms with Crippen LogP contribution in [0.25, 0.3) is 0 Å². The second kappa shape index (κ2) is 45.3. The lowest BCUT2D eigenvalue weighted by Gasteiger charge is -2.40. The van der Waals surface area contributed by atoms with Crippen LogP contribution in [0.4, 0.5) is 0 Å². The number of aliphatic carboxylic acids is 1. The number of unbranched alkanes of at least 4 members (excludes halogenated alkanes) is 18. The Balaban J connectivity index is 2.76. The van der Waals surface area contributed by atoms with E-state index in [4.69, 9.17) is 23.7 Å². The van der Waals surface area contributed by atoms with Crippen molar-refractivity contribution in [1.29, 1.82) is 0 Å². The summed E-state index contributed by atoms with van der Waals surface area (Å²) in [6, 6.07) is 0. The third kappa shape index (κ3) is 35.8. The summed E-state index contributed by atoms with van der Waals surface area (Å²) in [5.74, 6) is -3.18. The minimum atomic E-state index is -1.91. The topological polar surface area (TPSA) is 175 Å². The molecular formula is C57H94O12. The normalized spacial score (nSPS) is 19.2. The Labute approximate surface area is 417 Å². The Morgan fingerprint density at radius 3 is 1.30 bits per heavy atom. The zero-order valence-electron chi connectivity index (χ0n) is 43.0. The molecule has 0 aliphatic carbocycles. The molecule has 0 spiro atoms.